The Labute approximate surface area is 70.3 Å². The van der Waals surface area contributed by atoms with Gasteiger partial charge < -0.3 is 0 Å². The number of rotatable bonds is 0. The number of amides is 2. The molecule has 0 aromatic rings. The third kappa shape index (κ3) is 2.19. The molecule has 1 rings (SSSR count). The predicted molar refractivity (Wildman–Crippen MR) is 41.4 cm³/mol. The smallest absolute Gasteiger partial charge is 0.274 e. The summed E-state index contributed by atoms with van der Waals surface area (Å²) in [4.78, 5) is 22.8. The van der Waals surface area contributed by atoms with E-state index in [1.165, 1.54) is 0 Å². The molecule has 0 aromatic carbocycles. The molecule has 3 nitrogen and oxygen atoms in total. The molecule has 0 radical (unpaired) electrons. The largest absolute Gasteiger partial charge is 0.323 e. The Morgan fingerprint density at radius 2 is 2.09 bits per heavy atom. The van der Waals surface area contributed by atoms with Gasteiger partial charge in [0.25, 0.3) is 0 Å². The Morgan fingerprint density at radius 3 is 2.73 bits per heavy atom. The molecule has 1 aliphatic rings. The third-order valence-electron chi connectivity index (χ3n) is 1.79. The topological polar surface area (TPSA) is 37.4 Å². The van der Waals surface area contributed by atoms with E-state index in [1.807, 2.05) is 0 Å². The van der Waals surface area contributed by atoms with Gasteiger partial charge in [-0.05, 0) is 24.4 Å². The predicted octanol–water partition coefficient (Wildman–Crippen LogP) is 1.75. The van der Waals surface area contributed by atoms with Gasteiger partial charge in [0.1, 0.15) is 0 Å². The first-order valence-electron chi connectivity index (χ1n) is 3.71. The quantitative estimate of drug-likeness (QED) is 0.416. The van der Waals surface area contributed by atoms with Crippen molar-refractivity contribution in [2.24, 2.45) is 0 Å². The summed E-state index contributed by atoms with van der Waals surface area (Å²) < 4.78 is 0. The second-order valence-corrected chi connectivity index (χ2v) is 2.93. The number of nitrogens with zero attached hydrogens (tertiary/aromatic N) is 1. The molecule has 0 atom stereocenters. The normalized spacial score (nSPS) is 19.7. The van der Waals surface area contributed by atoms with E-state index in [-0.39, 0.29) is 5.91 Å². The summed E-state index contributed by atoms with van der Waals surface area (Å²) in [6.07, 6.45) is 3.22. The van der Waals surface area contributed by atoms with Crippen molar-refractivity contribution in [2.75, 3.05) is 6.54 Å². The van der Waals surface area contributed by atoms with Gasteiger partial charge in [0.05, 0.1) is 0 Å². The van der Waals surface area contributed by atoms with Crippen LogP contribution in [-0.2, 0) is 4.79 Å². The number of hydrogen-bond acceptors (Lipinski definition) is 2. The summed E-state index contributed by atoms with van der Waals surface area (Å²) in [6.45, 7) is 0.487. The van der Waals surface area contributed by atoms with Gasteiger partial charge in [-0.2, -0.15) is 0 Å². The summed E-state index contributed by atoms with van der Waals surface area (Å²) in [5.41, 5.74) is 0. The van der Waals surface area contributed by atoms with Crippen molar-refractivity contribution in [3.63, 3.8) is 0 Å². The van der Waals surface area contributed by atoms with Crippen LogP contribution in [0.4, 0.5) is 4.79 Å². The first-order chi connectivity index (χ1) is 5.22. The minimum atomic E-state index is -0.642. The first kappa shape index (κ1) is 8.53. The highest BCUT2D eigenvalue weighted by Crippen LogP contribution is 2.12. The lowest BCUT2D eigenvalue weighted by atomic mass is 10.2. The fourth-order valence-corrected chi connectivity index (χ4v) is 1.35. The fraction of sp³-hybridized carbons (Fsp3) is 0.714. The highest BCUT2D eigenvalue weighted by Gasteiger charge is 2.20. The van der Waals surface area contributed by atoms with Crippen LogP contribution < -0.4 is 0 Å². The van der Waals surface area contributed by atoms with Gasteiger partial charge in [-0.3, -0.25) is 14.5 Å². The Hall–Kier alpha value is -0.570. The second-order valence-electron chi connectivity index (χ2n) is 2.61. The van der Waals surface area contributed by atoms with Crippen LogP contribution in [0.15, 0.2) is 0 Å². The van der Waals surface area contributed by atoms with Crippen LogP contribution >= 0.6 is 11.6 Å². The number of carbonyl (C=O) groups is 2. The van der Waals surface area contributed by atoms with E-state index in [2.05, 4.69) is 0 Å². The van der Waals surface area contributed by atoms with Gasteiger partial charge >= 0.3 is 5.37 Å². The zero-order chi connectivity index (χ0) is 8.27. The highest BCUT2D eigenvalue weighted by molar-refractivity contribution is 6.64. The van der Waals surface area contributed by atoms with Crippen LogP contribution in [-0.4, -0.2) is 22.7 Å². The van der Waals surface area contributed by atoms with E-state index in [1.54, 1.807) is 0 Å². The molecule has 0 spiro atoms. The second kappa shape index (κ2) is 3.72. The first-order valence-corrected chi connectivity index (χ1v) is 4.09. The maximum absolute atomic E-state index is 11.1. The molecule has 1 saturated heterocycles. The van der Waals surface area contributed by atoms with Gasteiger partial charge in [0.15, 0.2) is 0 Å². The number of likely N-dealkylation sites (tertiary alicyclic amines) is 1. The van der Waals surface area contributed by atoms with Gasteiger partial charge in [-0.1, -0.05) is 6.42 Å². The van der Waals surface area contributed by atoms with Crippen LogP contribution in [0.25, 0.3) is 0 Å². The van der Waals surface area contributed by atoms with Crippen LogP contribution in [0, 0.1) is 0 Å². The molecule has 0 unspecified atom stereocenters. The van der Waals surface area contributed by atoms with Crippen molar-refractivity contribution in [3.8, 4) is 0 Å². The van der Waals surface area contributed by atoms with Crippen LogP contribution in [0.3, 0.4) is 0 Å². The molecule has 0 N–H and O–H groups in total. The van der Waals surface area contributed by atoms with Crippen molar-refractivity contribution in [3.05, 3.63) is 0 Å². The molecule has 0 aromatic heterocycles. The standard InChI is InChI=1S/C7H10ClNO2/c8-7(11)9-5-3-1-2-4-6(9)10/h1-5H2. The van der Waals surface area contributed by atoms with Crippen LogP contribution in [0.5, 0.6) is 0 Å². The number of imide groups is 1. The molecule has 0 saturated carbocycles. The fourth-order valence-electron chi connectivity index (χ4n) is 1.17. The molecule has 1 fully saturated rings. The van der Waals surface area contributed by atoms with E-state index in [0.717, 1.165) is 24.2 Å². The lowest BCUT2D eigenvalue weighted by Crippen LogP contribution is -2.32. The van der Waals surface area contributed by atoms with E-state index in [9.17, 15) is 9.59 Å². The summed E-state index contributed by atoms with van der Waals surface area (Å²) in [5, 5.41) is -0.642. The summed E-state index contributed by atoms with van der Waals surface area (Å²) in [7, 11) is 0. The van der Waals surface area contributed by atoms with E-state index in [4.69, 9.17) is 11.6 Å². The number of carbonyl (C=O) groups excluding carboxylic acids is 2. The molecule has 62 valence electrons. The maximum Gasteiger partial charge on any atom is 0.323 e. The summed E-state index contributed by atoms with van der Waals surface area (Å²) in [5.74, 6) is -0.137. The number of hydrogen-bond donors (Lipinski definition) is 0. The van der Waals surface area contributed by atoms with Gasteiger partial charge in [0, 0.05) is 13.0 Å². The molecule has 1 heterocycles. The Balaban J connectivity index is 2.59. The SMILES string of the molecule is O=C(Cl)N1CCCCCC1=O. The molecule has 2 amide bonds. The maximum atomic E-state index is 11.1. The molecule has 1 aliphatic heterocycles. The van der Waals surface area contributed by atoms with Crippen LogP contribution in [0.2, 0.25) is 0 Å². The molecule has 0 bridgehead atoms. The van der Waals surface area contributed by atoms with E-state index in [0.29, 0.717) is 13.0 Å². The van der Waals surface area contributed by atoms with Crippen molar-refractivity contribution in [1.29, 1.82) is 0 Å². The monoisotopic (exact) mass is 175 g/mol. The molecular weight excluding hydrogens is 166 g/mol. The molecule has 4 heteroatoms. The highest BCUT2D eigenvalue weighted by atomic mass is 35.5. The Bertz CT molecular complexity index is 181. The van der Waals surface area contributed by atoms with E-state index >= 15 is 0 Å². The van der Waals surface area contributed by atoms with Crippen molar-refractivity contribution >= 4 is 22.9 Å². The average molecular weight is 176 g/mol. The van der Waals surface area contributed by atoms with Crippen molar-refractivity contribution in [2.45, 2.75) is 25.7 Å². The third-order valence-corrected chi connectivity index (χ3v) is 1.99. The summed E-state index contributed by atoms with van der Waals surface area (Å²) >= 11 is 5.19. The Kier molecular flexibility index (Phi) is 2.88. The lowest BCUT2D eigenvalue weighted by molar-refractivity contribution is -0.127. The minimum Gasteiger partial charge on any atom is -0.274 e. The zero-order valence-electron chi connectivity index (χ0n) is 6.18. The minimum absolute atomic E-state index is 0.137. The van der Waals surface area contributed by atoms with Crippen LogP contribution in [0.1, 0.15) is 25.7 Å². The lowest BCUT2D eigenvalue weighted by Gasteiger charge is -2.13. The van der Waals surface area contributed by atoms with Crippen molar-refractivity contribution in [1.82, 2.24) is 4.90 Å². The number of halogens is 1. The van der Waals surface area contributed by atoms with E-state index < -0.39 is 5.37 Å². The van der Waals surface area contributed by atoms with Gasteiger partial charge in [-0.25, -0.2) is 0 Å². The molecule has 11 heavy (non-hydrogen) atoms. The van der Waals surface area contributed by atoms with Crippen molar-refractivity contribution < 1.29 is 9.59 Å². The summed E-state index contributed by atoms with van der Waals surface area (Å²) in [6, 6.07) is 0. The Morgan fingerprint density at radius 1 is 1.36 bits per heavy atom. The molecule has 0 aliphatic carbocycles. The molecular formula is C7H10ClNO2. The zero-order valence-corrected chi connectivity index (χ0v) is 6.93. The van der Waals surface area contributed by atoms with Gasteiger partial charge in [-0.15, -0.1) is 0 Å². The van der Waals surface area contributed by atoms with Gasteiger partial charge in [0.2, 0.25) is 5.91 Å². The average Bonchev–Trinajstić information content (AvgIpc) is 2.13.